The number of rotatable bonds is 5. The molecule has 1 aromatic carbocycles. The van der Waals surface area contributed by atoms with Gasteiger partial charge in [0.25, 0.3) is 0 Å². The lowest BCUT2D eigenvalue weighted by atomic mass is 10.2. The molecule has 0 saturated carbocycles. The molecule has 19 heavy (non-hydrogen) atoms. The van der Waals surface area contributed by atoms with Crippen LogP contribution in [0.3, 0.4) is 0 Å². The van der Waals surface area contributed by atoms with Gasteiger partial charge in [0.15, 0.2) is 0 Å². The number of nitrogens with one attached hydrogen (secondary N) is 1. The SMILES string of the molecule is CCCNCc1sc(-c2cc(F)ccc2F)nc1C. The van der Waals surface area contributed by atoms with Crippen LogP contribution in [0, 0.1) is 18.6 Å². The highest BCUT2D eigenvalue weighted by Gasteiger charge is 2.13. The molecule has 2 aromatic rings. The van der Waals surface area contributed by atoms with Crippen molar-refractivity contribution in [2.45, 2.75) is 26.8 Å². The summed E-state index contributed by atoms with van der Waals surface area (Å²) in [5.74, 6) is -0.891. The fraction of sp³-hybridized carbons (Fsp3) is 0.357. The van der Waals surface area contributed by atoms with Gasteiger partial charge in [-0.3, -0.25) is 0 Å². The van der Waals surface area contributed by atoms with E-state index in [2.05, 4.69) is 17.2 Å². The molecule has 1 aromatic heterocycles. The van der Waals surface area contributed by atoms with Crippen molar-refractivity contribution in [2.24, 2.45) is 0 Å². The molecule has 0 aliphatic heterocycles. The average Bonchev–Trinajstić information content (AvgIpc) is 2.74. The van der Waals surface area contributed by atoms with Crippen LogP contribution in [-0.2, 0) is 6.54 Å². The molecular weight excluding hydrogens is 266 g/mol. The van der Waals surface area contributed by atoms with Crippen molar-refractivity contribution in [1.82, 2.24) is 10.3 Å². The maximum absolute atomic E-state index is 13.7. The Hall–Kier alpha value is -1.33. The summed E-state index contributed by atoms with van der Waals surface area (Å²) in [6, 6.07) is 3.44. The van der Waals surface area contributed by atoms with Gasteiger partial charge in [0.1, 0.15) is 16.6 Å². The van der Waals surface area contributed by atoms with Gasteiger partial charge in [0.2, 0.25) is 0 Å². The number of halogens is 2. The summed E-state index contributed by atoms with van der Waals surface area (Å²) in [5.41, 5.74) is 1.10. The Bertz CT molecular complexity index is 567. The lowest BCUT2D eigenvalue weighted by Crippen LogP contribution is -2.13. The first-order chi connectivity index (χ1) is 9.11. The molecule has 2 nitrogen and oxygen atoms in total. The normalized spacial score (nSPS) is 10.9. The number of nitrogens with zero attached hydrogens (tertiary/aromatic N) is 1. The van der Waals surface area contributed by atoms with Crippen LogP contribution in [0.5, 0.6) is 0 Å². The number of hydrogen-bond donors (Lipinski definition) is 1. The zero-order valence-electron chi connectivity index (χ0n) is 11.0. The molecule has 0 aliphatic rings. The van der Waals surface area contributed by atoms with Crippen molar-refractivity contribution in [1.29, 1.82) is 0 Å². The Morgan fingerprint density at radius 2 is 2.11 bits per heavy atom. The van der Waals surface area contributed by atoms with Crippen LogP contribution < -0.4 is 5.32 Å². The molecular formula is C14H16F2N2S. The van der Waals surface area contributed by atoms with Gasteiger partial charge < -0.3 is 5.32 Å². The topological polar surface area (TPSA) is 24.9 Å². The molecule has 102 valence electrons. The Labute approximate surface area is 115 Å². The van der Waals surface area contributed by atoms with Gasteiger partial charge in [0, 0.05) is 17.0 Å². The summed E-state index contributed by atoms with van der Waals surface area (Å²) in [6.45, 7) is 5.63. The van der Waals surface area contributed by atoms with E-state index in [0.29, 0.717) is 11.6 Å². The quantitative estimate of drug-likeness (QED) is 0.841. The molecule has 2 rings (SSSR count). The predicted molar refractivity (Wildman–Crippen MR) is 74.2 cm³/mol. The van der Waals surface area contributed by atoms with E-state index in [-0.39, 0.29) is 5.56 Å². The minimum atomic E-state index is -0.449. The number of benzene rings is 1. The van der Waals surface area contributed by atoms with Gasteiger partial charge in [-0.25, -0.2) is 13.8 Å². The van der Waals surface area contributed by atoms with Gasteiger partial charge >= 0.3 is 0 Å². The van der Waals surface area contributed by atoms with Gasteiger partial charge in [0.05, 0.1) is 5.69 Å². The summed E-state index contributed by atoms with van der Waals surface area (Å²) in [7, 11) is 0. The second kappa shape index (κ2) is 6.21. The van der Waals surface area contributed by atoms with E-state index in [4.69, 9.17) is 0 Å². The Balaban J connectivity index is 2.26. The number of aryl methyl sites for hydroxylation is 1. The highest BCUT2D eigenvalue weighted by Crippen LogP contribution is 2.30. The fourth-order valence-corrected chi connectivity index (χ4v) is 2.80. The summed E-state index contributed by atoms with van der Waals surface area (Å²) in [5, 5.41) is 3.82. The highest BCUT2D eigenvalue weighted by molar-refractivity contribution is 7.15. The van der Waals surface area contributed by atoms with Crippen LogP contribution in [-0.4, -0.2) is 11.5 Å². The summed E-state index contributed by atoms with van der Waals surface area (Å²) < 4.78 is 26.9. The molecule has 0 bridgehead atoms. The van der Waals surface area contributed by atoms with Crippen LogP contribution in [0.1, 0.15) is 23.9 Å². The van der Waals surface area contributed by atoms with Crippen molar-refractivity contribution < 1.29 is 8.78 Å². The Morgan fingerprint density at radius 3 is 2.84 bits per heavy atom. The summed E-state index contributed by atoms with van der Waals surface area (Å²) >= 11 is 1.41. The molecule has 5 heteroatoms. The smallest absolute Gasteiger partial charge is 0.133 e. The second-order valence-corrected chi connectivity index (χ2v) is 5.41. The predicted octanol–water partition coefficient (Wildman–Crippen LogP) is 3.90. The summed E-state index contributed by atoms with van der Waals surface area (Å²) in [6.07, 6.45) is 1.06. The van der Waals surface area contributed by atoms with E-state index in [1.807, 2.05) is 6.92 Å². The standard InChI is InChI=1S/C14H16F2N2S/c1-3-6-17-8-13-9(2)18-14(19-13)11-7-10(15)4-5-12(11)16/h4-5,7,17H,3,6,8H2,1-2H3. The number of hydrogen-bond acceptors (Lipinski definition) is 3. The molecule has 0 spiro atoms. The average molecular weight is 282 g/mol. The first-order valence-electron chi connectivity index (χ1n) is 6.24. The molecule has 0 fully saturated rings. The van der Waals surface area contributed by atoms with E-state index in [0.717, 1.165) is 35.7 Å². The van der Waals surface area contributed by atoms with Crippen molar-refractivity contribution in [2.75, 3.05) is 6.54 Å². The van der Waals surface area contributed by atoms with Crippen molar-refractivity contribution >= 4 is 11.3 Å². The van der Waals surface area contributed by atoms with Crippen molar-refractivity contribution in [3.63, 3.8) is 0 Å². The molecule has 1 heterocycles. The molecule has 0 aliphatic carbocycles. The maximum Gasteiger partial charge on any atom is 0.133 e. The minimum Gasteiger partial charge on any atom is -0.312 e. The third kappa shape index (κ3) is 3.36. The second-order valence-electron chi connectivity index (χ2n) is 4.33. The van der Waals surface area contributed by atoms with Crippen LogP contribution in [0.25, 0.3) is 10.6 Å². The van der Waals surface area contributed by atoms with E-state index >= 15 is 0 Å². The molecule has 0 unspecified atom stereocenters. The Kier molecular flexibility index (Phi) is 4.61. The third-order valence-corrected chi connectivity index (χ3v) is 3.95. The minimum absolute atomic E-state index is 0.231. The molecule has 0 saturated heterocycles. The first kappa shape index (κ1) is 14.1. The first-order valence-corrected chi connectivity index (χ1v) is 7.06. The number of aromatic nitrogens is 1. The van der Waals surface area contributed by atoms with Gasteiger partial charge in [-0.2, -0.15) is 0 Å². The number of thiazole rings is 1. The monoisotopic (exact) mass is 282 g/mol. The Morgan fingerprint density at radius 1 is 1.32 bits per heavy atom. The molecule has 0 atom stereocenters. The molecule has 0 amide bonds. The fourth-order valence-electron chi connectivity index (χ4n) is 1.75. The highest BCUT2D eigenvalue weighted by atomic mass is 32.1. The van der Waals surface area contributed by atoms with Gasteiger partial charge in [-0.05, 0) is 38.1 Å². The zero-order chi connectivity index (χ0) is 13.8. The van der Waals surface area contributed by atoms with E-state index in [9.17, 15) is 8.78 Å². The van der Waals surface area contributed by atoms with Gasteiger partial charge in [-0.15, -0.1) is 11.3 Å². The van der Waals surface area contributed by atoms with Crippen molar-refractivity contribution in [3.05, 3.63) is 40.4 Å². The van der Waals surface area contributed by atoms with E-state index < -0.39 is 11.6 Å². The maximum atomic E-state index is 13.7. The summed E-state index contributed by atoms with van der Waals surface area (Å²) in [4.78, 5) is 5.40. The van der Waals surface area contributed by atoms with Crippen LogP contribution in [0.15, 0.2) is 18.2 Å². The zero-order valence-corrected chi connectivity index (χ0v) is 11.8. The van der Waals surface area contributed by atoms with Crippen molar-refractivity contribution in [3.8, 4) is 10.6 Å². The van der Waals surface area contributed by atoms with E-state index in [1.165, 1.54) is 17.4 Å². The lowest BCUT2D eigenvalue weighted by molar-refractivity contribution is 0.603. The van der Waals surface area contributed by atoms with Gasteiger partial charge in [-0.1, -0.05) is 6.92 Å². The molecule has 1 N–H and O–H groups in total. The van der Waals surface area contributed by atoms with Crippen LogP contribution >= 0.6 is 11.3 Å². The lowest BCUT2D eigenvalue weighted by Gasteiger charge is -2.00. The van der Waals surface area contributed by atoms with Crippen LogP contribution in [0.2, 0.25) is 0 Å². The molecule has 0 radical (unpaired) electrons. The largest absolute Gasteiger partial charge is 0.312 e. The van der Waals surface area contributed by atoms with Crippen LogP contribution in [0.4, 0.5) is 8.78 Å². The van der Waals surface area contributed by atoms with E-state index in [1.54, 1.807) is 0 Å². The third-order valence-electron chi connectivity index (χ3n) is 2.76.